The van der Waals surface area contributed by atoms with Crippen LogP contribution in [-0.4, -0.2) is 46.9 Å². The molecule has 0 fully saturated rings. The number of nitrogens with zero attached hydrogens (tertiary/aromatic N) is 4. The number of benzene rings is 1. The second-order valence-corrected chi connectivity index (χ2v) is 8.27. The second kappa shape index (κ2) is 7.09. The number of fused-ring (bicyclic) bond motifs is 1. The lowest BCUT2D eigenvalue weighted by Gasteiger charge is -2.10. The van der Waals surface area contributed by atoms with Crippen molar-refractivity contribution >= 4 is 38.3 Å². The third-order valence-corrected chi connectivity index (χ3v) is 5.29. The molecule has 9 nitrogen and oxygen atoms in total. The summed E-state index contributed by atoms with van der Waals surface area (Å²) in [6.07, 6.45) is 3.79. The van der Waals surface area contributed by atoms with Gasteiger partial charge in [0.05, 0.1) is 16.7 Å². The topological polar surface area (TPSA) is 126 Å². The van der Waals surface area contributed by atoms with Gasteiger partial charge in [-0.3, -0.25) is 5.10 Å². The van der Waals surface area contributed by atoms with Gasteiger partial charge >= 0.3 is 0 Å². The van der Waals surface area contributed by atoms with Gasteiger partial charge in [-0.1, -0.05) is 6.07 Å². The summed E-state index contributed by atoms with van der Waals surface area (Å²) < 4.78 is 37.1. The Hall–Kier alpha value is -3.60. The largest absolute Gasteiger partial charge is 0.372 e. The van der Waals surface area contributed by atoms with Crippen LogP contribution in [0.2, 0.25) is 0 Å². The number of nitrogens with one attached hydrogen (secondary N) is 3. The van der Waals surface area contributed by atoms with Crippen LogP contribution in [0.3, 0.4) is 0 Å². The Morgan fingerprint density at radius 3 is 2.72 bits per heavy atom. The monoisotopic (exact) mass is 413 g/mol. The van der Waals surface area contributed by atoms with Gasteiger partial charge in [0.15, 0.2) is 15.5 Å². The highest BCUT2D eigenvalue weighted by atomic mass is 32.2. The Morgan fingerprint density at radius 1 is 1.14 bits per heavy atom. The second-order valence-electron chi connectivity index (χ2n) is 6.25. The van der Waals surface area contributed by atoms with E-state index < -0.39 is 15.7 Å². The Bertz CT molecular complexity index is 1320. The summed E-state index contributed by atoms with van der Waals surface area (Å²) in [5, 5.41) is 13.4. The zero-order chi connectivity index (χ0) is 20.6. The number of H-pyrrole nitrogens is 1. The number of anilines is 3. The maximum atomic E-state index is 13.6. The Morgan fingerprint density at radius 2 is 1.97 bits per heavy atom. The van der Waals surface area contributed by atoms with Gasteiger partial charge in [-0.2, -0.15) is 10.1 Å². The summed E-state index contributed by atoms with van der Waals surface area (Å²) in [6, 6.07) is 7.69. The fourth-order valence-corrected chi connectivity index (χ4v) is 3.49. The van der Waals surface area contributed by atoms with Crippen molar-refractivity contribution in [3.63, 3.8) is 0 Å². The van der Waals surface area contributed by atoms with E-state index in [9.17, 15) is 12.8 Å². The predicted molar refractivity (Wildman–Crippen MR) is 107 cm³/mol. The molecule has 0 saturated heterocycles. The molecule has 0 aliphatic rings. The van der Waals surface area contributed by atoms with E-state index in [1.54, 1.807) is 25.4 Å². The maximum Gasteiger partial charge on any atom is 0.229 e. The van der Waals surface area contributed by atoms with Gasteiger partial charge in [0.2, 0.25) is 5.95 Å². The normalized spacial score (nSPS) is 11.6. The van der Waals surface area contributed by atoms with Crippen molar-refractivity contribution in [1.82, 2.24) is 25.1 Å². The zero-order valence-corrected chi connectivity index (χ0v) is 16.2. The number of aromatic amines is 1. The lowest BCUT2D eigenvalue weighted by Crippen LogP contribution is -2.04. The van der Waals surface area contributed by atoms with Crippen LogP contribution in [0.25, 0.3) is 22.3 Å². The van der Waals surface area contributed by atoms with Gasteiger partial charge in [0, 0.05) is 30.6 Å². The van der Waals surface area contributed by atoms with E-state index in [4.69, 9.17) is 0 Å². The first-order chi connectivity index (χ1) is 13.8. The fourth-order valence-electron chi connectivity index (χ4n) is 2.82. The van der Waals surface area contributed by atoms with E-state index in [1.165, 1.54) is 18.2 Å². The molecule has 0 radical (unpaired) electrons. The van der Waals surface area contributed by atoms with Gasteiger partial charge in [0.25, 0.3) is 0 Å². The summed E-state index contributed by atoms with van der Waals surface area (Å²) >= 11 is 0. The molecular weight excluding hydrogens is 397 g/mol. The van der Waals surface area contributed by atoms with E-state index in [-0.39, 0.29) is 10.8 Å². The van der Waals surface area contributed by atoms with Crippen LogP contribution in [-0.2, 0) is 9.84 Å². The lowest BCUT2D eigenvalue weighted by molar-refractivity contribution is 0.602. The number of pyridine rings is 1. The SMILES string of the molecule is CNc1nc(Nc2cccc(S(C)(=O)=O)c2)ncc1-c1n[nH]c2ncc(F)cc12. The van der Waals surface area contributed by atoms with Crippen molar-refractivity contribution in [1.29, 1.82) is 0 Å². The lowest BCUT2D eigenvalue weighted by atomic mass is 10.1. The number of hydrogen-bond donors (Lipinski definition) is 3. The van der Waals surface area contributed by atoms with Crippen molar-refractivity contribution < 1.29 is 12.8 Å². The number of halogens is 1. The molecule has 0 saturated carbocycles. The third-order valence-electron chi connectivity index (χ3n) is 4.18. The van der Waals surface area contributed by atoms with Crippen molar-refractivity contribution in [2.75, 3.05) is 23.9 Å². The maximum absolute atomic E-state index is 13.6. The molecule has 3 aromatic heterocycles. The van der Waals surface area contributed by atoms with E-state index in [1.807, 2.05) is 0 Å². The molecule has 29 heavy (non-hydrogen) atoms. The molecule has 0 aliphatic heterocycles. The Kier molecular flexibility index (Phi) is 4.59. The molecule has 148 valence electrons. The number of hydrogen-bond acceptors (Lipinski definition) is 8. The molecule has 1 aromatic carbocycles. The minimum Gasteiger partial charge on any atom is -0.372 e. The number of rotatable bonds is 5. The molecule has 0 unspecified atom stereocenters. The van der Waals surface area contributed by atoms with Gasteiger partial charge in [-0.15, -0.1) is 0 Å². The van der Waals surface area contributed by atoms with Gasteiger partial charge in [0.1, 0.15) is 17.3 Å². The smallest absolute Gasteiger partial charge is 0.229 e. The summed E-state index contributed by atoms with van der Waals surface area (Å²) in [6.45, 7) is 0. The third kappa shape index (κ3) is 3.72. The van der Waals surface area contributed by atoms with Gasteiger partial charge in [-0.25, -0.2) is 22.8 Å². The van der Waals surface area contributed by atoms with E-state index in [0.717, 1.165) is 12.5 Å². The van der Waals surface area contributed by atoms with E-state index in [0.29, 0.717) is 33.8 Å². The molecule has 4 aromatic rings. The quantitative estimate of drug-likeness (QED) is 0.456. The summed E-state index contributed by atoms with van der Waals surface area (Å²) in [5.41, 5.74) is 1.99. The van der Waals surface area contributed by atoms with Crippen LogP contribution in [0.5, 0.6) is 0 Å². The predicted octanol–water partition coefficient (Wildman–Crippen LogP) is 2.74. The van der Waals surface area contributed by atoms with Crippen molar-refractivity contribution in [2.45, 2.75) is 4.90 Å². The first-order valence-electron chi connectivity index (χ1n) is 8.47. The van der Waals surface area contributed by atoms with Crippen molar-refractivity contribution in [3.8, 4) is 11.3 Å². The fraction of sp³-hybridized carbons (Fsp3) is 0.111. The highest BCUT2D eigenvalue weighted by molar-refractivity contribution is 7.90. The molecule has 3 heterocycles. The first-order valence-corrected chi connectivity index (χ1v) is 10.4. The highest BCUT2D eigenvalue weighted by Crippen LogP contribution is 2.31. The Labute approximate surface area is 165 Å². The minimum absolute atomic E-state index is 0.186. The van der Waals surface area contributed by atoms with Crippen LogP contribution >= 0.6 is 0 Å². The van der Waals surface area contributed by atoms with Crippen molar-refractivity contribution in [3.05, 3.63) is 48.5 Å². The summed E-state index contributed by atoms with van der Waals surface area (Å²) in [5.74, 6) is 0.239. The van der Waals surface area contributed by atoms with Crippen LogP contribution in [0.1, 0.15) is 0 Å². The number of sulfone groups is 1. The number of aromatic nitrogens is 5. The average Bonchev–Trinajstić information content (AvgIpc) is 3.10. The van der Waals surface area contributed by atoms with E-state index >= 15 is 0 Å². The first kappa shape index (κ1) is 18.7. The van der Waals surface area contributed by atoms with E-state index in [2.05, 4.69) is 35.8 Å². The molecule has 3 N–H and O–H groups in total. The average molecular weight is 413 g/mol. The standard InChI is InChI=1S/C18H16FN7O2S/c1-20-16-14(15-13-6-10(19)8-21-17(13)26-25-15)9-22-18(24-16)23-11-4-3-5-12(7-11)29(2,27)28/h3-9H,1-2H3,(H,21,25,26)(H2,20,22,23,24). The molecular formula is C18H16FN7O2S. The molecule has 0 bridgehead atoms. The molecule has 0 spiro atoms. The zero-order valence-electron chi connectivity index (χ0n) is 15.4. The highest BCUT2D eigenvalue weighted by Gasteiger charge is 2.16. The van der Waals surface area contributed by atoms with Crippen LogP contribution in [0.4, 0.5) is 21.8 Å². The van der Waals surface area contributed by atoms with Crippen molar-refractivity contribution in [2.24, 2.45) is 0 Å². The Balaban J connectivity index is 1.71. The molecule has 0 amide bonds. The minimum atomic E-state index is -3.33. The summed E-state index contributed by atoms with van der Waals surface area (Å²) in [4.78, 5) is 12.8. The summed E-state index contributed by atoms with van der Waals surface area (Å²) in [7, 11) is -1.64. The molecule has 0 aliphatic carbocycles. The molecule has 0 atom stereocenters. The van der Waals surface area contributed by atoms with Crippen LogP contribution in [0, 0.1) is 5.82 Å². The van der Waals surface area contributed by atoms with Crippen LogP contribution in [0.15, 0.2) is 47.6 Å². The van der Waals surface area contributed by atoms with Crippen LogP contribution < -0.4 is 10.6 Å². The van der Waals surface area contributed by atoms with Gasteiger partial charge in [-0.05, 0) is 24.3 Å². The molecule has 11 heteroatoms. The molecule has 4 rings (SSSR count). The van der Waals surface area contributed by atoms with Gasteiger partial charge < -0.3 is 10.6 Å².